The van der Waals surface area contributed by atoms with Crippen LogP contribution in [-0.2, 0) is 11.3 Å². The Morgan fingerprint density at radius 1 is 0.882 bits per heavy atom. The molecule has 3 aromatic carbocycles. The van der Waals surface area contributed by atoms with Crippen molar-refractivity contribution < 1.29 is 24.1 Å². The second-order valence-corrected chi connectivity index (χ2v) is 8.01. The van der Waals surface area contributed by atoms with Crippen molar-refractivity contribution in [3.63, 3.8) is 0 Å². The van der Waals surface area contributed by atoms with E-state index in [9.17, 15) is 15.1 Å². The van der Waals surface area contributed by atoms with Crippen LogP contribution in [-0.4, -0.2) is 29.9 Å². The first kappa shape index (κ1) is 23.2. The summed E-state index contributed by atoms with van der Waals surface area (Å²) < 4.78 is 13.2. The van der Waals surface area contributed by atoms with Crippen molar-refractivity contribution in [3.05, 3.63) is 83.0 Å². The summed E-state index contributed by atoms with van der Waals surface area (Å²) in [5, 5.41) is 23.8. The van der Waals surface area contributed by atoms with Gasteiger partial charge in [0.15, 0.2) is 11.4 Å². The third kappa shape index (κ3) is 4.56. The zero-order valence-electron chi connectivity index (χ0n) is 18.7. The number of aliphatic carboxylic acids is 1. The Hall–Kier alpha value is -3.97. The Morgan fingerprint density at radius 2 is 1.38 bits per heavy atom. The summed E-state index contributed by atoms with van der Waals surface area (Å²) in [7, 11) is 3.16. The van der Waals surface area contributed by atoms with E-state index in [1.54, 1.807) is 67.3 Å². The normalized spacial score (nSPS) is 10.8. The van der Waals surface area contributed by atoms with Crippen LogP contribution in [0.5, 0.6) is 11.5 Å². The molecule has 0 aliphatic heterocycles. The molecule has 0 aliphatic carbocycles. The van der Waals surface area contributed by atoms with Gasteiger partial charge in [-0.05, 0) is 72.8 Å². The zero-order chi connectivity index (χ0) is 24.2. The van der Waals surface area contributed by atoms with Crippen LogP contribution in [0.15, 0.2) is 72.8 Å². The fourth-order valence-corrected chi connectivity index (χ4v) is 4.01. The fourth-order valence-electron chi connectivity index (χ4n) is 3.89. The number of hydrogen-bond donors (Lipinski definition) is 1. The first-order valence-corrected chi connectivity index (χ1v) is 10.9. The van der Waals surface area contributed by atoms with Crippen LogP contribution in [0.3, 0.4) is 0 Å². The summed E-state index contributed by atoms with van der Waals surface area (Å²) in [6, 6.07) is 21.4. The van der Waals surface area contributed by atoms with Gasteiger partial charge in [0.1, 0.15) is 18.0 Å². The number of carboxylic acid groups (broad SMARTS) is 1. The van der Waals surface area contributed by atoms with Gasteiger partial charge in [0.05, 0.1) is 26.2 Å². The van der Waals surface area contributed by atoms with Crippen molar-refractivity contribution in [2.45, 2.75) is 13.0 Å². The van der Waals surface area contributed by atoms with Crippen molar-refractivity contribution >= 4 is 17.6 Å². The molecule has 0 radical (unpaired) electrons. The van der Waals surface area contributed by atoms with Crippen LogP contribution in [0.1, 0.15) is 6.42 Å². The van der Waals surface area contributed by atoms with Gasteiger partial charge >= 0.3 is 5.97 Å². The van der Waals surface area contributed by atoms with E-state index < -0.39 is 5.97 Å². The highest BCUT2D eigenvalue weighted by atomic mass is 35.5. The third-order valence-corrected chi connectivity index (χ3v) is 5.78. The number of imidazole rings is 1. The number of benzene rings is 3. The van der Waals surface area contributed by atoms with Gasteiger partial charge in [-0.1, -0.05) is 11.6 Å². The maximum absolute atomic E-state index is 13.9. The predicted octanol–water partition coefficient (Wildman–Crippen LogP) is 5.27. The van der Waals surface area contributed by atoms with Crippen LogP contribution in [0.25, 0.3) is 33.9 Å². The molecule has 0 saturated heterocycles. The Labute approximate surface area is 202 Å². The van der Waals surface area contributed by atoms with Gasteiger partial charge < -0.3 is 19.8 Å². The second kappa shape index (κ2) is 9.89. The van der Waals surface area contributed by atoms with Crippen LogP contribution in [0, 0.1) is 5.21 Å². The molecule has 4 aromatic rings. The molecule has 0 saturated carbocycles. The van der Waals surface area contributed by atoms with Crippen LogP contribution in [0.4, 0.5) is 0 Å². The Bertz CT molecular complexity index is 1300. The van der Waals surface area contributed by atoms with Crippen molar-refractivity contribution in [2.24, 2.45) is 0 Å². The lowest BCUT2D eigenvalue weighted by atomic mass is 10.0. The molecule has 174 valence electrons. The molecule has 0 atom stereocenters. The molecule has 0 fully saturated rings. The van der Waals surface area contributed by atoms with Gasteiger partial charge in [-0.15, -0.1) is 0 Å². The average Bonchev–Trinajstić information content (AvgIpc) is 3.15. The van der Waals surface area contributed by atoms with Crippen molar-refractivity contribution in [1.29, 1.82) is 0 Å². The molecule has 0 bridgehead atoms. The van der Waals surface area contributed by atoms with E-state index in [0.29, 0.717) is 44.9 Å². The van der Waals surface area contributed by atoms with Gasteiger partial charge in [-0.2, -0.15) is 0 Å². The molecule has 1 heterocycles. The lowest BCUT2D eigenvalue weighted by Crippen LogP contribution is -2.30. The first-order valence-electron chi connectivity index (χ1n) is 10.6. The number of halogens is 1. The standard InChI is InChI=1S/C26H23ClN2O5/c1-33-21-11-5-17(6-12-21)24-25(18-7-13-22(34-2)14-8-18)29(32)26(28(24)16-15-23(30)31)19-3-9-20(27)10-4-19/h3-14H,15-16H2,1-2H3,(H,30,31). The second-order valence-electron chi connectivity index (χ2n) is 7.57. The minimum absolute atomic E-state index is 0.104. The fraction of sp³-hybridized carbons (Fsp3) is 0.154. The van der Waals surface area contributed by atoms with Crippen molar-refractivity contribution in [2.75, 3.05) is 14.2 Å². The molecule has 4 rings (SSSR count). The van der Waals surface area contributed by atoms with Crippen LogP contribution in [0.2, 0.25) is 5.02 Å². The van der Waals surface area contributed by atoms with E-state index in [4.69, 9.17) is 21.1 Å². The topological polar surface area (TPSA) is 87.6 Å². The maximum atomic E-state index is 13.9. The summed E-state index contributed by atoms with van der Waals surface area (Å²) in [6.07, 6.45) is -0.152. The van der Waals surface area contributed by atoms with Gasteiger partial charge in [0.2, 0.25) is 0 Å². The van der Waals surface area contributed by atoms with E-state index in [1.165, 1.54) is 0 Å². The molecule has 8 heteroatoms. The van der Waals surface area contributed by atoms with Crippen molar-refractivity contribution in [3.8, 4) is 45.4 Å². The van der Waals surface area contributed by atoms with E-state index in [2.05, 4.69) is 0 Å². The lowest BCUT2D eigenvalue weighted by molar-refractivity contribution is -0.581. The predicted molar refractivity (Wildman–Crippen MR) is 130 cm³/mol. The number of nitrogens with zero attached hydrogens (tertiary/aromatic N) is 2. The summed E-state index contributed by atoms with van der Waals surface area (Å²) in [5.74, 6) is 0.705. The number of rotatable bonds is 8. The largest absolute Gasteiger partial charge is 0.710 e. The molecule has 0 spiro atoms. The molecule has 0 amide bonds. The number of hydrogen-bond acceptors (Lipinski definition) is 4. The average molecular weight is 479 g/mol. The third-order valence-electron chi connectivity index (χ3n) is 5.52. The Balaban J connectivity index is 2.03. The molecule has 1 aromatic heterocycles. The zero-order valence-corrected chi connectivity index (χ0v) is 19.5. The van der Waals surface area contributed by atoms with E-state index in [-0.39, 0.29) is 13.0 Å². The number of methoxy groups -OCH3 is 2. The summed E-state index contributed by atoms with van der Waals surface area (Å²) in [6.45, 7) is 0.104. The van der Waals surface area contributed by atoms with Gasteiger partial charge in [-0.25, -0.2) is 9.30 Å². The first-order chi connectivity index (χ1) is 16.4. The molecule has 1 N–H and O–H groups in total. The van der Waals surface area contributed by atoms with Gasteiger partial charge in [0.25, 0.3) is 5.82 Å². The lowest BCUT2D eigenvalue weighted by Gasteiger charge is -2.08. The summed E-state index contributed by atoms with van der Waals surface area (Å²) in [4.78, 5) is 11.5. The highest BCUT2D eigenvalue weighted by Crippen LogP contribution is 2.36. The van der Waals surface area contributed by atoms with E-state index >= 15 is 0 Å². The molecule has 0 unspecified atom stereocenters. The molecular weight excluding hydrogens is 456 g/mol. The smallest absolute Gasteiger partial charge is 0.307 e. The summed E-state index contributed by atoms with van der Waals surface area (Å²) in [5.41, 5.74) is 3.06. The highest BCUT2D eigenvalue weighted by Gasteiger charge is 2.31. The Morgan fingerprint density at radius 3 is 1.88 bits per heavy atom. The SMILES string of the molecule is COc1ccc(-c2c(-c3ccc(OC)cc3)[n+]([O-])c(-c3ccc(Cl)cc3)n2CCC(=O)O)cc1. The van der Waals surface area contributed by atoms with Gasteiger partial charge in [-0.3, -0.25) is 4.79 Å². The minimum atomic E-state index is -0.958. The van der Waals surface area contributed by atoms with E-state index in [1.807, 2.05) is 24.3 Å². The highest BCUT2D eigenvalue weighted by molar-refractivity contribution is 6.30. The maximum Gasteiger partial charge on any atom is 0.307 e. The molecule has 7 nitrogen and oxygen atoms in total. The number of carbonyl (C=O) groups is 1. The molecular formula is C26H23ClN2O5. The minimum Gasteiger partial charge on any atom is -0.710 e. The van der Waals surface area contributed by atoms with E-state index in [0.717, 1.165) is 10.3 Å². The van der Waals surface area contributed by atoms with Crippen LogP contribution >= 0.6 is 11.6 Å². The van der Waals surface area contributed by atoms with Gasteiger partial charge in [0, 0.05) is 16.1 Å². The number of carboxylic acids is 1. The van der Waals surface area contributed by atoms with Crippen LogP contribution < -0.4 is 14.2 Å². The van der Waals surface area contributed by atoms with Crippen molar-refractivity contribution in [1.82, 2.24) is 4.57 Å². The summed E-state index contributed by atoms with van der Waals surface area (Å²) >= 11 is 6.07. The Kier molecular flexibility index (Phi) is 6.75. The quantitative estimate of drug-likeness (QED) is 0.275. The molecule has 34 heavy (non-hydrogen) atoms. The molecule has 0 aliphatic rings. The number of aromatic nitrogens is 2. The number of ether oxygens (including phenoxy) is 2. The monoisotopic (exact) mass is 478 g/mol.